The van der Waals surface area contributed by atoms with Gasteiger partial charge in [0.1, 0.15) is 5.25 Å². The quantitative estimate of drug-likeness (QED) is 0.600. The average Bonchev–Trinajstić information content (AvgIpc) is 2.06. The van der Waals surface area contributed by atoms with Gasteiger partial charge in [-0.2, -0.15) is 20.2 Å². The summed E-state index contributed by atoms with van der Waals surface area (Å²) in [4.78, 5) is 0. The maximum absolute atomic E-state index is 12.5. The van der Waals surface area contributed by atoms with Crippen LogP contribution in [0, 0.1) is 0 Å². The van der Waals surface area contributed by atoms with Gasteiger partial charge >= 0.3 is 10.2 Å². The van der Waals surface area contributed by atoms with Gasteiger partial charge in [-0.3, -0.25) is 0 Å². The van der Waals surface area contributed by atoms with Crippen molar-refractivity contribution in [3.63, 3.8) is 0 Å². The summed E-state index contributed by atoms with van der Waals surface area (Å²) in [6.45, 7) is 3.54. The Balaban J connectivity index is 2.91. The topological polar surface area (TPSA) is 34.1 Å². The minimum Gasteiger partial charge on any atom is -0.195 e. The molecule has 0 radical (unpaired) electrons. The molecule has 1 saturated heterocycles. The number of thioether (sulfide) groups is 1. The van der Waals surface area contributed by atoms with Crippen molar-refractivity contribution in [1.29, 1.82) is 0 Å². The highest BCUT2D eigenvalue weighted by Crippen LogP contribution is 2.41. The molecule has 66 valence electrons. The summed E-state index contributed by atoms with van der Waals surface area (Å²) in [5.41, 5.74) is 0. The Labute approximate surface area is 70.8 Å². The van der Waals surface area contributed by atoms with Crippen molar-refractivity contribution >= 4 is 22.0 Å². The fraction of sp³-hybridized carbons (Fsp3) is 1.00. The van der Waals surface area contributed by atoms with E-state index in [4.69, 9.17) is 0 Å². The summed E-state index contributed by atoms with van der Waals surface area (Å²) in [6, 6.07) is 0. The van der Waals surface area contributed by atoms with Crippen LogP contribution in [0.15, 0.2) is 0 Å². The lowest BCUT2D eigenvalue weighted by Gasteiger charge is -2.21. The van der Waals surface area contributed by atoms with Gasteiger partial charge in [-0.1, -0.05) is 0 Å². The highest BCUT2D eigenvalue weighted by atomic mass is 32.3. The van der Waals surface area contributed by atoms with Crippen LogP contribution >= 0.6 is 11.8 Å². The van der Waals surface area contributed by atoms with Gasteiger partial charge in [0.2, 0.25) is 0 Å². The van der Waals surface area contributed by atoms with Crippen LogP contribution in [0.5, 0.6) is 0 Å². The smallest absolute Gasteiger partial charge is 0.195 e. The van der Waals surface area contributed by atoms with Gasteiger partial charge in [0.15, 0.2) is 0 Å². The molecule has 0 aliphatic carbocycles. The molecule has 1 aliphatic heterocycles. The Morgan fingerprint density at radius 3 is 2.27 bits per heavy atom. The molecule has 0 amide bonds. The molecule has 11 heavy (non-hydrogen) atoms. The fourth-order valence-corrected chi connectivity index (χ4v) is 4.31. The first kappa shape index (κ1) is 9.32. The first-order chi connectivity index (χ1) is 4.84. The number of rotatable bonds is 1. The largest absolute Gasteiger partial charge is 0.306 e. The van der Waals surface area contributed by atoms with Crippen molar-refractivity contribution in [2.75, 3.05) is 5.75 Å². The average molecular weight is 198 g/mol. The van der Waals surface area contributed by atoms with Gasteiger partial charge < -0.3 is 0 Å². The molecule has 0 bridgehead atoms. The Bertz CT molecular complexity index is 245. The number of hydrogen-bond donors (Lipinski definition) is 0. The molecule has 1 aliphatic rings. The summed E-state index contributed by atoms with van der Waals surface area (Å²) in [5, 5.41) is -0.806. The molecule has 1 heterocycles. The molecule has 0 spiro atoms. The lowest BCUT2D eigenvalue weighted by molar-refractivity contribution is 0.513. The molecule has 1 unspecified atom stereocenters. The third-order valence-electron chi connectivity index (χ3n) is 1.97. The maximum atomic E-state index is 12.5. The molecule has 0 aromatic rings. The Morgan fingerprint density at radius 1 is 1.55 bits per heavy atom. The first-order valence-electron chi connectivity index (χ1n) is 3.41. The van der Waals surface area contributed by atoms with E-state index < -0.39 is 20.2 Å². The van der Waals surface area contributed by atoms with Crippen LogP contribution in [-0.2, 0) is 10.2 Å². The van der Waals surface area contributed by atoms with Crippen LogP contribution in [0.3, 0.4) is 0 Å². The van der Waals surface area contributed by atoms with Gasteiger partial charge in [0.25, 0.3) is 0 Å². The van der Waals surface area contributed by atoms with Crippen LogP contribution in [-0.4, -0.2) is 24.2 Å². The molecular formula is C6H11FO2S2. The monoisotopic (exact) mass is 198 g/mol. The molecular weight excluding hydrogens is 187 g/mol. The van der Waals surface area contributed by atoms with Crippen molar-refractivity contribution in [3.05, 3.63) is 0 Å². The zero-order valence-corrected chi connectivity index (χ0v) is 8.14. The van der Waals surface area contributed by atoms with Crippen LogP contribution in [0.2, 0.25) is 0 Å². The summed E-state index contributed by atoms with van der Waals surface area (Å²) in [6.07, 6.45) is 0.441. The standard InChI is InChI=1S/C6H11FO2S2/c1-6(2)5(3-4-10-6)11(7,8)9/h5H,3-4H2,1-2H3. The Kier molecular flexibility index (Phi) is 2.22. The van der Waals surface area contributed by atoms with E-state index in [1.54, 1.807) is 13.8 Å². The fourth-order valence-electron chi connectivity index (χ4n) is 1.35. The third-order valence-corrected chi connectivity index (χ3v) is 5.09. The number of hydrogen-bond acceptors (Lipinski definition) is 3. The maximum Gasteiger partial charge on any atom is 0.306 e. The molecule has 5 heteroatoms. The van der Waals surface area contributed by atoms with E-state index >= 15 is 0 Å². The van der Waals surface area contributed by atoms with Crippen molar-refractivity contribution in [2.45, 2.75) is 30.3 Å². The van der Waals surface area contributed by atoms with Crippen molar-refractivity contribution in [3.8, 4) is 0 Å². The highest BCUT2D eigenvalue weighted by Gasteiger charge is 2.44. The van der Waals surface area contributed by atoms with E-state index in [0.717, 1.165) is 5.75 Å². The van der Waals surface area contributed by atoms with Gasteiger partial charge in [-0.25, -0.2) is 0 Å². The molecule has 1 rings (SSSR count). The van der Waals surface area contributed by atoms with Crippen LogP contribution in [0.25, 0.3) is 0 Å². The van der Waals surface area contributed by atoms with E-state index in [2.05, 4.69) is 0 Å². The molecule has 1 atom stereocenters. The second-order valence-corrected chi connectivity index (χ2v) is 6.47. The minimum absolute atomic E-state index is 0.441. The van der Waals surface area contributed by atoms with E-state index in [0.29, 0.717) is 6.42 Å². The minimum atomic E-state index is -4.33. The first-order valence-corrected chi connectivity index (χ1v) is 5.85. The number of halogens is 1. The van der Waals surface area contributed by atoms with Gasteiger partial charge in [-0.05, 0) is 26.0 Å². The van der Waals surface area contributed by atoms with E-state index in [1.807, 2.05) is 0 Å². The summed E-state index contributed by atoms with van der Waals surface area (Å²) in [5.74, 6) is 0.737. The Morgan fingerprint density at radius 2 is 2.09 bits per heavy atom. The lowest BCUT2D eigenvalue weighted by Crippen LogP contribution is -2.32. The molecule has 0 N–H and O–H groups in total. The van der Waals surface area contributed by atoms with Crippen LogP contribution in [0.1, 0.15) is 20.3 Å². The zero-order valence-electron chi connectivity index (χ0n) is 6.50. The van der Waals surface area contributed by atoms with Gasteiger partial charge in [0, 0.05) is 4.75 Å². The second-order valence-electron chi connectivity index (χ2n) is 3.20. The highest BCUT2D eigenvalue weighted by molar-refractivity contribution is 8.02. The predicted octanol–water partition coefficient (Wildman–Crippen LogP) is 1.57. The second kappa shape index (κ2) is 2.62. The molecule has 0 saturated carbocycles. The molecule has 2 nitrogen and oxygen atoms in total. The van der Waals surface area contributed by atoms with Gasteiger partial charge in [-0.15, -0.1) is 3.89 Å². The van der Waals surface area contributed by atoms with E-state index in [9.17, 15) is 12.3 Å². The van der Waals surface area contributed by atoms with Crippen LogP contribution in [0.4, 0.5) is 3.89 Å². The van der Waals surface area contributed by atoms with Crippen molar-refractivity contribution in [1.82, 2.24) is 0 Å². The SMILES string of the molecule is CC1(C)SCCC1S(=O)(=O)F. The van der Waals surface area contributed by atoms with Gasteiger partial charge in [0.05, 0.1) is 0 Å². The zero-order chi connectivity index (χ0) is 8.70. The summed E-state index contributed by atoms with van der Waals surface area (Å²) < 4.78 is 33.2. The Hall–Kier alpha value is 0.230. The molecule has 1 fully saturated rings. The normalized spacial score (nSPS) is 30.6. The van der Waals surface area contributed by atoms with E-state index in [1.165, 1.54) is 11.8 Å². The van der Waals surface area contributed by atoms with Crippen molar-refractivity contribution in [2.24, 2.45) is 0 Å². The summed E-state index contributed by atoms with van der Waals surface area (Å²) >= 11 is 1.52. The molecule has 0 aromatic carbocycles. The lowest BCUT2D eigenvalue weighted by atomic mass is 10.1. The molecule has 0 aromatic heterocycles. The van der Waals surface area contributed by atoms with Crippen LogP contribution < -0.4 is 0 Å². The summed E-state index contributed by atoms with van der Waals surface area (Å²) in [7, 11) is -4.33. The van der Waals surface area contributed by atoms with E-state index in [-0.39, 0.29) is 0 Å². The predicted molar refractivity (Wildman–Crippen MR) is 45.0 cm³/mol. The van der Waals surface area contributed by atoms with Crippen molar-refractivity contribution < 1.29 is 12.3 Å². The third kappa shape index (κ3) is 1.87.